The highest BCUT2D eigenvalue weighted by Crippen LogP contribution is 2.10. The van der Waals surface area contributed by atoms with E-state index in [1.807, 2.05) is 0 Å². The maximum absolute atomic E-state index is 5.08. The fraction of sp³-hybridized carbons (Fsp3) is 0.500. The summed E-state index contributed by atoms with van der Waals surface area (Å²) in [4.78, 5) is 0. The van der Waals surface area contributed by atoms with E-state index in [9.17, 15) is 0 Å². The normalized spacial score (nSPS) is 12.7. The van der Waals surface area contributed by atoms with E-state index >= 15 is 0 Å². The summed E-state index contributed by atoms with van der Waals surface area (Å²) in [6.07, 6.45) is 0. The summed E-state index contributed by atoms with van der Waals surface area (Å²) in [6.45, 7) is 4.90. The quantitative estimate of drug-likeness (QED) is 0.859. The van der Waals surface area contributed by atoms with E-state index in [-0.39, 0.29) is 0 Å². The van der Waals surface area contributed by atoms with Gasteiger partial charge in [-0.1, -0.05) is 35.0 Å². The first-order valence-corrected chi connectivity index (χ1v) is 5.95. The lowest BCUT2D eigenvalue weighted by atomic mass is 10.2. The number of rotatable bonds is 6. The molecule has 15 heavy (non-hydrogen) atoms. The van der Waals surface area contributed by atoms with Gasteiger partial charge < -0.3 is 10.1 Å². The Morgan fingerprint density at radius 3 is 2.60 bits per heavy atom. The number of hydrogen-bond acceptors (Lipinski definition) is 2. The lowest BCUT2D eigenvalue weighted by Crippen LogP contribution is -2.23. The van der Waals surface area contributed by atoms with Gasteiger partial charge in [-0.15, -0.1) is 0 Å². The van der Waals surface area contributed by atoms with Crippen LogP contribution in [0.1, 0.15) is 12.5 Å². The van der Waals surface area contributed by atoms with Gasteiger partial charge in [-0.05, 0) is 23.6 Å². The number of benzene rings is 1. The van der Waals surface area contributed by atoms with E-state index in [0.717, 1.165) is 24.2 Å². The zero-order valence-corrected chi connectivity index (χ0v) is 10.9. The van der Waals surface area contributed by atoms with E-state index in [4.69, 9.17) is 4.74 Å². The lowest BCUT2D eigenvalue weighted by molar-refractivity contribution is 0.158. The molecule has 1 N–H and O–H groups in total. The van der Waals surface area contributed by atoms with Crippen LogP contribution in [0.5, 0.6) is 0 Å². The molecule has 3 heteroatoms. The number of methoxy groups -OCH3 is 1. The topological polar surface area (TPSA) is 21.3 Å². The van der Waals surface area contributed by atoms with E-state index in [1.54, 1.807) is 7.11 Å². The molecule has 0 saturated heterocycles. The Morgan fingerprint density at radius 2 is 2.00 bits per heavy atom. The summed E-state index contributed by atoms with van der Waals surface area (Å²) in [5.41, 5.74) is 1.31. The molecule has 1 unspecified atom stereocenters. The van der Waals surface area contributed by atoms with Crippen LogP contribution in [-0.2, 0) is 11.3 Å². The van der Waals surface area contributed by atoms with Crippen LogP contribution in [0.25, 0.3) is 0 Å². The van der Waals surface area contributed by atoms with Crippen molar-refractivity contribution in [3.8, 4) is 0 Å². The standard InChI is InChI=1S/C12H18BrNO/c1-10(9-15-2)7-14-8-11-3-5-12(13)6-4-11/h3-6,10,14H,7-9H2,1-2H3. The number of ether oxygens (including phenoxy) is 1. The van der Waals surface area contributed by atoms with E-state index in [2.05, 4.69) is 52.4 Å². The van der Waals surface area contributed by atoms with Crippen LogP contribution in [0.15, 0.2) is 28.7 Å². The molecule has 0 radical (unpaired) electrons. The maximum Gasteiger partial charge on any atom is 0.0499 e. The van der Waals surface area contributed by atoms with Gasteiger partial charge in [0.1, 0.15) is 0 Å². The van der Waals surface area contributed by atoms with Gasteiger partial charge in [0.25, 0.3) is 0 Å². The Morgan fingerprint density at radius 1 is 1.33 bits per heavy atom. The van der Waals surface area contributed by atoms with Crippen molar-refractivity contribution >= 4 is 15.9 Å². The second-order valence-corrected chi connectivity index (χ2v) is 4.73. The molecule has 0 bridgehead atoms. The van der Waals surface area contributed by atoms with Gasteiger partial charge in [-0.2, -0.15) is 0 Å². The Labute approximate surface area is 100 Å². The minimum Gasteiger partial charge on any atom is -0.384 e. The van der Waals surface area contributed by atoms with Crippen molar-refractivity contribution in [1.29, 1.82) is 0 Å². The Hall–Kier alpha value is -0.380. The zero-order chi connectivity index (χ0) is 11.1. The molecular weight excluding hydrogens is 254 g/mol. The second-order valence-electron chi connectivity index (χ2n) is 3.82. The first kappa shape index (κ1) is 12.7. The first-order chi connectivity index (χ1) is 7.22. The summed E-state index contributed by atoms with van der Waals surface area (Å²) < 4.78 is 6.20. The minimum absolute atomic E-state index is 0.561. The van der Waals surface area contributed by atoms with Crippen LogP contribution in [-0.4, -0.2) is 20.3 Å². The van der Waals surface area contributed by atoms with E-state index in [1.165, 1.54) is 5.56 Å². The molecule has 0 saturated carbocycles. The van der Waals surface area contributed by atoms with Gasteiger partial charge >= 0.3 is 0 Å². The predicted octanol–water partition coefficient (Wildman–Crippen LogP) is 2.82. The van der Waals surface area contributed by atoms with Crippen LogP contribution in [0.4, 0.5) is 0 Å². The fourth-order valence-electron chi connectivity index (χ4n) is 1.41. The van der Waals surface area contributed by atoms with Crippen LogP contribution in [0.3, 0.4) is 0 Å². The summed E-state index contributed by atoms with van der Waals surface area (Å²) >= 11 is 3.42. The van der Waals surface area contributed by atoms with Crippen molar-refractivity contribution in [2.24, 2.45) is 5.92 Å². The number of halogens is 1. The number of hydrogen-bond donors (Lipinski definition) is 1. The largest absolute Gasteiger partial charge is 0.384 e. The van der Waals surface area contributed by atoms with Crippen LogP contribution in [0.2, 0.25) is 0 Å². The molecule has 0 spiro atoms. The van der Waals surface area contributed by atoms with Crippen LogP contribution < -0.4 is 5.32 Å². The monoisotopic (exact) mass is 271 g/mol. The van der Waals surface area contributed by atoms with E-state index in [0.29, 0.717) is 5.92 Å². The molecule has 0 aliphatic heterocycles. The smallest absolute Gasteiger partial charge is 0.0499 e. The maximum atomic E-state index is 5.08. The Kier molecular flexibility index (Phi) is 5.91. The van der Waals surface area contributed by atoms with Gasteiger partial charge in [0.2, 0.25) is 0 Å². The number of nitrogens with one attached hydrogen (secondary N) is 1. The molecule has 0 aromatic heterocycles. The average Bonchev–Trinajstić information content (AvgIpc) is 2.21. The molecule has 1 atom stereocenters. The minimum atomic E-state index is 0.561. The molecule has 1 aromatic carbocycles. The molecule has 0 aliphatic carbocycles. The molecule has 84 valence electrons. The third kappa shape index (κ3) is 5.30. The van der Waals surface area contributed by atoms with Gasteiger partial charge in [0.05, 0.1) is 0 Å². The summed E-state index contributed by atoms with van der Waals surface area (Å²) in [5, 5.41) is 3.41. The van der Waals surface area contributed by atoms with Crippen molar-refractivity contribution in [1.82, 2.24) is 5.32 Å². The molecule has 0 fully saturated rings. The van der Waals surface area contributed by atoms with Gasteiger partial charge in [-0.3, -0.25) is 0 Å². The van der Waals surface area contributed by atoms with Crippen molar-refractivity contribution < 1.29 is 4.74 Å². The Balaban J connectivity index is 2.22. The molecule has 1 aromatic rings. The second kappa shape index (κ2) is 6.99. The molecule has 0 heterocycles. The third-order valence-electron chi connectivity index (χ3n) is 2.19. The van der Waals surface area contributed by atoms with Crippen molar-refractivity contribution in [3.05, 3.63) is 34.3 Å². The SMILES string of the molecule is COCC(C)CNCc1ccc(Br)cc1. The third-order valence-corrected chi connectivity index (χ3v) is 2.72. The highest BCUT2D eigenvalue weighted by atomic mass is 79.9. The highest BCUT2D eigenvalue weighted by Gasteiger charge is 2.00. The molecular formula is C12H18BrNO. The van der Waals surface area contributed by atoms with Crippen molar-refractivity contribution in [3.63, 3.8) is 0 Å². The van der Waals surface area contributed by atoms with E-state index < -0.39 is 0 Å². The van der Waals surface area contributed by atoms with Crippen molar-refractivity contribution in [2.75, 3.05) is 20.3 Å². The lowest BCUT2D eigenvalue weighted by Gasteiger charge is -2.11. The Bertz CT molecular complexity index is 273. The molecule has 0 amide bonds. The zero-order valence-electron chi connectivity index (χ0n) is 9.29. The molecule has 1 rings (SSSR count). The molecule has 0 aliphatic rings. The van der Waals surface area contributed by atoms with Crippen LogP contribution in [0, 0.1) is 5.92 Å². The van der Waals surface area contributed by atoms with Crippen molar-refractivity contribution in [2.45, 2.75) is 13.5 Å². The highest BCUT2D eigenvalue weighted by molar-refractivity contribution is 9.10. The summed E-state index contributed by atoms with van der Waals surface area (Å²) in [7, 11) is 1.74. The predicted molar refractivity (Wildman–Crippen MR) is 66.9 cm³/mol. The van der Waals surface area contributed by atoms with Crippen LogP contribution >= 0.6 is 15.9 Å². The molecule has 2 nitrogen and oxygen atoms in total. The summed E-state index contributed by atoms with van der Waals surface area (Å²) in [6, 6.07) is 8.38. The van der Waals surface area contributed by atoms with Gasteiger partial charge in [0.15, 0.2) is 0 Å². The summed E-state index contributed by atoms with van der Waals surface area (Å²) in [5.74, 6) is 0.561. The first-order valence-electron chi connectivity index (χ1n) is 5.16. The van der Waals surface area contributed by atoms with Gasteiger partial charge in [0, 0.05) is 31.3 Å². The average molecular weight is 272 g/mol. The fourth-order valence-corrected chi connectivity index (χ4v) is 1.67. The van der Waals surface area contributed by atoms with Gasteiger partial charge in [-0.25, -0.2) is 0 Å².